The van der Waals surface area contributed by atoms with Gasteiger partial charge in [0.2, 0.25) is 5.75 Å². The van der Waals surface area contributed by atoms with Gasteiger partial charge >= 0.3 is 12.5 Å². The Morgan fingerprint density at radius 2 is 1.17 bits per heavy atom. The van der Waals surface area contributed by atoms with E-state index < -0.39 is 70.0 Å². The van der Waals surface area contributed by atoms with Crippen molar-refractivity contribution in [2.75, 3.05) is 0 Å². The third-order valence-corrected chi connectivity index (χ3v) is 6.49. The van der Waals surface area contributed by atoms with Crippen molar-refractivity contribution in [2.24, 2.45) is 0 Å². The summed E-state index contributed by atoms with van der Waals surface area (Å²) in [5.41, 5.74) is -2.32. The van der Waals surface area contributed by atoms with E-state index in [1.165, 1.54) is 24.3 Å². The number of ether oxygens (including phenoxy) is 2. The van der Waals surface area contributed by atoms with E-state index in [0.29, 0.717) is 30.7 Å². The van der Waals surface area contributed by atoms with Gasteiger partial charge in [0.15, 0.2) is 11.6 Å². The van der Waals surface area contributed by atoms with Crippen LogP contribution in [0.2, 0.25) is 0 Å². The molecule has 0 saturated carbocycles. The Bertz CT molecular complexity index is 1720. The zero-order valence-corrected chi connectivity index (χ0v) is 23.6. The summed E-state index contributed by atoms with van der Waals surface area (Å²) in [6.45, 7) is 1.91. The van der Waals surface area contributed by atoms with Crippen LogP contribution in [0.3, 0.4) is 0 Å². The van der Waals surface area contributed by atoms with Gasteiger partial charge in [-0.25, -0.2) is 26.3 Å². The van der Waals surface area contributed by atoms with Crippen LogP contribution in [0.15, 0.2) is 60.7 Å². The largest absolute Gasteiger partial charge is 0.573 e. The Hall–Kier alpha value is -4.73. The van der Waals surface area contributed by atoms with Crippen molar-refractivity contribution in [3.8, 4) is 34.5 Å². The van der Waals surface area contributed by atoms with Gasteiger partial charge in [-0.3, -0.25) is 0 Å². The molecule has 0 fully saturated rings. The molecule has 0 unspecified atom stereocenters. The lowest BCUT2D eigenvalue weighted by molar-refractivity contribution is -0.276. The minimum atomic E-state index is -5.32. The van der Waals surface area contributed by atoms with Gasteiger partial charge in [0.1, 0.15) is 34.6 Å². The summed E-state index contributed by atoms with van der Waals surface area (Å²) in [5.74, 6) is -7.42. The van der Waals surface area contributed by atoms with E-state index in [9.17, 15) is 48.3 Å². The zero-order chi connectivity index (χ0) is 33.8. The molecule has 13 heteroatoms. The maximum Gasteiger partial charge on any atom is 0.573 e. The molecule has 242 valence electrons. The first kappa shape index (κ1) is 34.1. The fourth-order valence-corrected chi connectivity index (χ4v) is 4.37. The lowest BCUT2D eigenvalue weighted by Gasteiger charge is -2.20. The van der Waals surface area contributed by atoms with E-state index in [4.69, 9.17) is 0 Å². The summed E-state index contributed by atoms with van der Waals surface area (Å²) < 4.78 is 161. The minimum Gasteiger partial charge on any atom is -0.429 e. The number of unbranched alkanes of at least 4 members (excludes halogenated alkanes) is 2. The van der Waals surface area contributed by atoms with Crippen LogP contribution in [-0.2, 0) is 12.5 Å². The third kappa shape index (κ3) is 8.29. The maximum atomic E-state index is 14.8. The third-order valence-electron chi connectivity index (χ3n) is 6.49. The molecular weight excluding hydrogens is 637 g/mol. The molecule has 0 amide bonds. The van der Waals surface area contributed by atoms with E-state index in [-0.39, 0.29) is 28.7 Å². The van der Waals surface area contributed by atoms with Gasteiger partial charge < -0.3 is 9.47 Å². The van der Waals surface area contributed by atoms with Crippen molar-refractivity contribution in [2.45, 2.75) is 45.1 Å². The highest BCUT2D eigenvalue weighted by molar-refractivity contribution is 5.66. The first-order valence-electron chi connectivity index (χ1n) is 13.5. The maximum absolute atomic E-state index is 14.8. The number of hydrogen-bond donors (Lipinski definition) is 0. The van der Waals surface area contributed by atoms with Crippen molar-refractivity contribution in [3.63, 3.8) is 0 Å². The number of alkyl halides is 5. The topological polar surface area (TPSA) is 18.5 Å². The number of benzene rings is 4. The summed E-state index contributed by atoms with van der Waals surface area (Å²) in [6, 6.07) is 8.49. The summed E-state index contributed by atoms with van der Waals surface area (Å²) in [7, 11) is 0. The fourth-order valence-electron chi connectivity index (χ4n) is 4.37. The van der Waals surface area contributed by atoms with Crippen molar-refractivity contribution < 1.29 is 57.8 Å². The Morgan fingerprint density at radius 1 is 0.609 bits per heavy atom. The molecule has 0 heterocycles. The first-order chi connectivity index (χ1) is 21.6. The molecule has 0 saturated heterocycles. The minimum absolute atomic E-state index is 0.122. The van der Waals surface area contributed by atoms with E-state index in [0.717, 1.165) is 25.0 Å². The highest BCUT2D eigenvalue weighted by Gasteiger charge is 2.41. The highest BCUT2D eigenvalue weighted by Crippen LogP contribution is 2.37. The summed E-state index contributed by atoms with van der Waals surface area (Å²) in [4.78, 5) is 0. The quantitative estimate of drug-likeness (QED) is 0.101. The molecule has 4 rings (SSSR count). The Morgan fingerprint density at radius 3 is 1.70 bits per heavy atom. The lowest BCUT2D eigenvalue weighted by atomic mass is 10.0. The Labute approximate surface area is 255 Å². The molecule has 4 aromatic rings. The number of rotatable bonds is 9. The van der Waals surface area contributed by atoms with E-state index >= 15 is 0 Å². The van der Waals surface area contributed by atoms with Gasteiger partial charge in [0, 0.05) is 17.7 Å². The molecule has 0 atom stereocenters. The standard InChI is InChI=1S/C33H21F11O2/c1-2-3-4-5-19-12-26(36)30(27(37)13-19)32(40,41)45-22-16-24(34)23(25(35)17-22)11-8-18-6-9-20(10-7-18)21-14-28(38)31(29(39)15-21)46-33(42,43)44/h6-7,9-10,12-17H,2-5H2,1H3. The molecule has 0 aliphatic heterocycles. The molecule has 0 N–H and O–H groups in total. The van der Waals surface area contributed by atoms with Crippen LogP contribution in [0.25, 0.3) is 11.1 Å². The van der Waals surface area contributed by atoms with Gasteiger partial charge in [-0.1, -0.05) is 43.7 Å². The van der Waals surface area contributed by atoms with Crippen molar-refractivity contribution in [3.05, 3.63) is 118 Å². The van der Waals surface area contributed by atoms with Gasteiger partial charge in [-0.15, -0.1) is 13.2 Å². The summed E-state index contributed by atoms with van der Waals surface area (Å²) in [5, 5.41) is 0. The van der Waals surface area contributed by atoms with Gasteiger partial charge in [-0.05, 0) is 65.9 Å². The second kappa shape index (κ2) is 13.7. The van der Waals surface area contributed by atoms with E-state index in [1.807, 2.05) is 6.92 Å². The van der Waals surface area contributed by atoms with Crippen LogP contribution < -0.4 is 9.47 Å². The van der Waals surface area contributed by atoms with Gasteiger partial charge in [-0.2, -0.15) is 8.78 Å². The average Bonchev–Trinajstić information content (AvgIpc) is 2.93. The molecule has 46 heavy (non-hydrogen) atoms. The van der Waals surface area contributed by atoms with Crippen LogP contribution >= 0.6 is 0 Å². The molecule has 0 spiro atoms. The van der Waals surface area contributed by atoms with E-state index in [2.05, 4.69) is 21.3 Å². The van der Waals surface area contributed by atoms with Crippen LogP contribution in [-0.4, -0.2) is 6.36 Å². The molecular formula is C33H21F11O2. The predicted molar refractivity (Wildman–Crippen MR) is 145 cm³/mol. The molecule has 4 aromatic carbocycles. The number of aryl methyl sites for hydroxylation is 1. The van der Waals surface area contributed by atoms with E-state index in [1.54, 1.807) is 0 Å². The molecule has 2 nitrogen and oxygen atoms in total. The van der Waals surface area contributed by atoms with Crippen LogP contribution in [0.5, 0.6) is 11.5 Å². The summed E-state index contributed by atoms with van der Waals surface area (Å²) >= 11 is 0. The Kier molecular flexibility index (Phi) is 10.2. The van der Waals surface area contributed by atoms with Gasteiger partial charge in [0.05, 0.1) is 5.56 Å². The molecule has 0 bridgehead atoms. The van der Waals surface area contributed by atoms with Gasteiger partial charge in [0.25, 0.3) is 0 Å². The second-order valence-corrected chi connectivity index (χ2v) is 9.92. The molecule has 0 aromatic heterocycles. The van der Waals surface area contributed by atoms with Crippen molar-refractivity contribution in [1.82, 2.24) is 0 Å². The predicted octanol–water partition coefficient (Wildman–Crippen LogP) is 10.3. The SMILES string of the molecule is CCCCCc1cc(F)c(C(F)(F)Oc2cc(F)c(C#Cc3ccc(-c4cc(F)c(OC(F)(F)F)c(F)c4)cc3)c(F)c2)c(F)c1. The van der Waals surface area contributed by atoms with Crippen LogP contribution in [0, 0.1) is 46.7 Å². The fraction of sp³-hybridized carbons (Fsp3) is 0.212. The second-order valence-electron chi connectivity index (χ2n) is 9.92. The highest BCUT2D eigenvalue weighted by atomic mass is 19.4. The average molecular weight is 659 g/mol. The number of hydrogen-bond acceptors (Lipinski definition) is 2. The normalized spacial score (nSPS) is 11.7. The smallest absolute Gasteiger partial charge is 0.429 e. The summed E-state index contributed by atoms with van der Waals surface area (Å²) in [6.07, 6.45) is -7.51. The lowest BCUT2D eigenvalue weighted by Crippen LogP contribution is -2.25. The molecule has 0 radical (unpaired) electrons. The molecule has 0 aliphatic rings. The zero-order valence-electron chi connectivity index (χ0n) is 23.6. The first-order valence-corrected chi connectivity index (χ1v) is 13.5. The molecule has 0 aliphatic carbocycles. The number of halogens is 11. The Balaban J connectivity index is 1.51. The van der Waals surface area contributed by atoms with Crippen LogP contribution in [0.1, 0.15) is 48.4 Å². The van der Waals surface area contributed by atoms with Crippen molar-refractivity contribution >= 4 is 0 Å². The van der Waals surface area contributed by atoms with Crippen LogP contribution in [0.4, 0.5) is 48.3 Å². The van der Waals surface area contributed by atoms with Crippen molar-refractivity contribution in [1.29, 1.82) is 0 Å². The monoisotopic (exact) mass is 658 g/mol.